The number of nitrogens with one attached hydrogen (secondary N) is 1. The highest BCUT2D eigenvalue weighted by atomic mass is 16.5. The maximum atomic E-state index is 11.8. The van der Waals surface area contributed by atoms with Gasteiger partial charge in [0.2, 0.25) is 5.91 Å². The molecule has 4 nitrogen and oxygen atoms in total. The second-order valence-electron chi connectivity index (χ2n) is 6.06. The molecule has 3 N–H and O–H groups in total. The summed E-state index contributed by atoms with van der Waals surface area (Å²) in [5, 5.41) is 2.95. The van der Waals surface area contributed by atoms with Gasteiger partial charge in [-0.25, -0.2) is 0 Å². The molecule has 0 aliphatic rings. The molecule has 0 heterocycles. The molecule has 0 radical (unpaired) electrons. The van der Waals surface area contributed by atoms with Crippen molar-refractivity contribution in [3.8, 4) is 5.75 Å². The molecule has 0 aliphatic carbocycles. The Morgan fingerprint density at radius 1 is 1.35 bits per heavy atom. The first-order valence-corrected chi connectivity index (χ1v) is 7.07. The molecule has 0 bridgehead atoms. The molecule has 0 fully saturated rings. The van der Waals surface area contributed by atoms with E-state index in [1.54, 1.807) is 12.1 Å². The third-order valence-electron chi connectivity index (χ3n) is 3.81. The van der Waals surface area contributed by atoms with Crippen molar-refractivity contribution in [1.82, 2.24) is 5.32 Å². The van der Waals surface area contributed by atoms with E-state index in [0.717, 1.165) is 0 Å². The standard InChI is InChI=1S/C16H26N2O2/c1-12(2)16(3,4)11-18-15(19)9-10-20-14-8-6-5-7-13(14)17/h5-8,12H,9-11,17H2,1-4H3,(H,18,19). The number of carbonyl (C=O) groups is 1. The van der Waals surface area contributed by atoms with E-state index in [9.17, 15) is 4.79 Å². The maximum Gasteiger partial charge on any atom is 0.223 e. The molecule has 1 aromatic carbocycles. The lowest BCUT2D eigenvalue weighted by molar-refractivity contribution is -0.122. The lowest BCUT2D eigenvalue weighted by Gasteiger charge is -2.29. The largest absolute Gasteiger partial charge is 0.491 e. The maximum absolute atomic E-state index is 11.8. The number of anilines is 1. The number of rotatable bonds is 7. The van der Waals surface area contributed by atoms with Gasteiger partial charge >= 0.3 is 0 Å². The number of nitrogen functional groups attached to an aromatic ring is 1. The quantitative estimate of drug-likeness (QED) is 0.754. The van der Waals surface area contributed by atoms with E-state index in [1.165, 1.54) is 0 Å². The first-order chi connectivity index (χ1) is 9.33. The van der Waals surface area contributed by atoms with Crippen LogP contribution in [0.3, 0.4) is 0 Å². The van der Waals surface area contributed by atoms with E-state index in [2.05, 4.69) is 33.0 Å². The number of hydrogen-bond donors (Lipinski definition) is 2. The molecule has 0 unspecified atom stereocenters. The Morgan fingerprint density at radius 2 is 2.00 bits per heavy atom. The van der Waals surface area contributed by atoms with Crippen molar-refractivity contribution in [2.75, 3.05) is 18.9 Å². The monoisotopic (exact) mass is 278 g/mol. The average molecular weight is 278 g/mol. The minimum absolute atomic E-state index is 0.00762. The Morgan fingerprint density at radius 3 is 2.60 bits per heavy atom. The van der Waals surface area contributed by atoms with Gasteiger partial charge in [-0.05, 0) is 23.5 Å². The first kappa shape index (κ1) is 16.3. The summed E-state index contributed by atoms with van der Waals surface area (Å²) < 4.78 is 5.50. The molecule has 0 atom stereocenters. The van der Waals surface area contributed by atoms with Crippen molar-refractivity contribution < 1.29 is 9.53 Å². The molecule has 0 saturated carbocycles. The van der Waals surface area contributed by atoms with Crippen molar-refractivity contribution in [1.29, 1.82) is 0 Å². The summed E-state index contributed by atoms with van der Waals surface area (Å²) in [5.41, 5.74) is 6.45. The number of benzene rings is 1. The highest BCUT2D eigenvalue weighted by molar-refractivity contribution is 5.76. The van der Waals surface area contributed by atoms with Gasteiger partial charge in [0, 0.05) is 6.54 Å². The van der Waals surface area contributed by atoms with Gasteiger partial charge in [-0.2, -0.15) is 0 Å². The molecular weight excluding hydrogens is 252 g/mol. The number of ether oxygens (including phenoxy) is 1. The summed E-state index contributed by atoms with van der Waals surface area (Å²) in [4.78, 5) is 11.8. The van der Waals surface area contributed by atoms with Crippen molar-refractivity contribution >= 4 is 11.6 Å². The van der Waals surface area contributed by atoms with Gasteiger partial charge in [-0.15, -0.1) is 0 Å². The Balaban J connectivity index is 2.29. The molecule has 0 aliphatic heterocycles. The van der Waals surface area contributed by atoms with Crippen molar-refractivity contribution in [3.05, 3.63) is 24.3 Å². The molecule has 0 aromatic heterocycles. The Labute approximate surface area is 121 Å². The van der Waals surface area contributed by atoms with Crippen LogP contribution in [0.4, 0.5) is 5.69 Å². The summed E-state index contributed by atoms with van der Waals surface area (Å²) in [7, 11) is 0. The minimum atomic E-state index is 0.00762. The summed E-state index contributed by atoms with van der Waals surface area (Å²) in [6.07, 6.45) is 0.336. The van der Waals surface area contributed by atoms with Gasteiger partial charge < -0.3 is 15.8 Å². The van der Waals surface area contributed by atoms with Gasteiger partial charge in [0.15, 0.2) is 0 Å². The zero-order valence-electron chi connectivity index (χ0n) is 12.9. The number of hydrogen-bond acceptors (Lipinski definition) is 3. The molecule has 4 heteroatoms. The second kappa shape index (κ2) is 7.17. The fourth-order valence-electron chi connectivity index (χ4n) is 1.48. The van der Waals surface area contributed by atoms with Crippen LogP contribution >= 0.6 is 0 Å². The normalized spacial score (nSPS) is 11.4. The number of carbonyl (C=O) groups excluding carboxylic acids is 1. The van der Waals surface area contributed by atoms with E-state index in [0.29, 0.717) is 36.9 Å². The van der Waals surface area contributed by atoms with Crippen LogP contribution in [0.25, 0.3) is 0 Å². The van der Waals surface area contributed by atoms with Gasteiger partial charge in [-0.1, -0.05) is 39.8 Å². The van der Waals surface area contributed by atoms with Gasteiger partial charge in [-0.3, -0.25) is 4.79 Å². The number of amides is 1. The van der Waals surface area contributed by atoms with Gasteiger partial charge in [0.1, 0.15) is 5.75 Å². The first-order valence-electron chi connectivity index (χ1n) is 7.07. The molecule has 0 saturated heterocycles. The van der Waals surface area contributed by atoms with Crippen LogP contribution in [0.15, 0.2) is 24.3 Å². The fraction of sp³-hybridized carbons (Fsp3) is 0.562. The van der Waals surface area contributed by atoms with Crippen LogP contribution in [-0.4, -0.2) is 19.1 Å². The van der Waals surface area contributed by atoms with Crippen LogP contribution in [0, 0.1) is 11.3 Å². The molecule has 1 rings (SSSR count). The molecule has 1 aromatic rings. The molecule has 112 valence electrons. The number of para-hydroxylation sites is 2. The summed E-state index contributed by atoms with van der Waals surface area (Å²) in [6, 6.07) is 7.29. The van der Waals surface area contributed by atoms with Crippen LogP contribution in [0.2, 0.25) is 0 Å². The third-order valence-corrected chi connectivity index (χ3v) is 3.81. The predicted octanol–water partition coefficient (Wildman–Crippen LogP) is 2.84. The van der Waals surface area contributed by atoms with Crippen LogP contribution < -0.4 is 15.8 Å². The predicted molar refractivity (Wildman–Crippen MR) is 82.6 cm³/mol. The number of nitrogens with two attached hydrogens (primary N) is 1. The molecule has 1 amide bonds. The average Bonchev–Trinajstić information content (AvgIpc) is 2.38. The zero-order valence-corrected chi connectivity index (χ0v) is 12.9. The van der Waals surface area contributed by atoms with E-state index < -0.39 is 0 Å². The fourth-order valence-corrected chi connectivity index (χ4v) is 1.48. The lowest BCUT2D eigenvalue weighted by Crippen LogP contribution is -2.37. The summed E-state index contributed by atoms with van der Waals surface area (Å²) in [6.45, 7) is 9.64. The van der Waals surface area contributed by atoms with Gasteiger partial charge in [0.25, 0.3) is 0 Å². The van der Waals surface area contributed by atoms with E-state index in [-0.39, 0.29) is 11.3 Å². The van der Waals surface area contributed by atoms with E-state index >= 15 is 0 Å². The topological polar surface area (TPSA) is 64.3 Å². The van der Waals surface area contributed by atoms with Crippen LogP contribution in [-0.2, 0) is 4.79 Å². The highest BCUT2D eigenvalue weighted by Crippen LogP contribution is 2.24. The van der Waals surface area contributed by atoms with Crippen molar-refractivity contribution in [2.45, 2.75) is 34.1 Å². The van der Waals surface area contributed by atoms with E-state index in [4.69, 9.17) is 10.5 Å². The Kier molecular flexibility index (Phi) is 5.86. The zero-order chi connectivity index (χ0) is 15.2. The Hall–Kier alpha value is -1.71. The third kappa shape index (κ3) is 5.11. The summed E-state index contributed by atoms with van der Waals surface area (Å²) in [5.74, 6) is 1.15. The lowest BCUT2D eigenvalue weighted by atomic mass is 9.81. The minimum Gasteiger partial charge on any atom is -0.491 e. The van der Waals surface area contributed by atoms with Crippen LogP contribution in [0.5, 0.6) is 5.75 Å². The molecule has 20 heavy (non-hydrogen) atoms. The van der Waals surface area contributed by atoms with Gasteiger partial charge in [0.05, 0.1) is 18.7 Å². The highest BCUT2D eigenvalue weighted by Gasteiger charge is 2.22. The Bertz CT molecular complexity index is 442. The summed E-state index contributed by atoms with van der Waals surface area (Å²) >= 11 is 0. The van der Waals surface area contributed by atoms with Crippen molar-refractivity contribution in [2.24, 2.45) is 11.3 Å². The smallest absolute Gasteiger partial charge is 0.223 e. The molecular formula is C16H26N2O2. The molecule has 0 spiro atoms. The SMILES string of the molecule is CC(C)C(C)(C)CNC(=O)CCOc1ccccc1N. The van der Waals surface area contributed by atoms with E-state index in [1.807, 2.05) is 12.1 Å². The van der Waals surface area contributed by atoms with Crippen LogP contribution in [0.1, 0.15) is 34.1 Å². The second-order valence-corrected chi connectivity index (χ2v) is 6.06. The van der Waals surface area contributed by atoms with Crippen molar-refractivity contribution in [3.63, 3.8) is 0 Å².